The number of para-hydroxylation sites is 1. The van der Waals surface area contributed by atoms with E-state index in [1.54, 1.807) is 19.1 Å². The van der Waals surface area contributed by atoms with Crippen molar-refractivity contribution in [3.63, 3.8) is 0 Å². The van der Waals surface area contributed by atoms with Gasteiger partial charge < -0.3 is 18.9 Å². The normalized spacial score (nSPS) is 14.3. The lowest BCUT2D eigenvalue weighted by atomic mass is 10.3. The van der Waals surface area contributed by atoms with Crippen molar-refractivity contribution >= 4 is 32.6 Å². The van der Waals surface area contributed by atoms with Gasteiger partial charge in [0, 0.05) is 26.2 Å². The number of carbonyl (C=O) groups is 1. The molecule has 0 atom stereocenters. The Balaban J connectivity index is 1.59. The fourth-order valence-electron chi connectivity index (χ4n) is 3.52. The molecule has 3 aromatic rings. The Morgan fingerprint density at radius 2 is 1.81 bits per heavy atom. The van der Waals surface area contributed by atoms with E-state index in [0.29, 0.717) is 47.7 Å². The Kier molecular flexibility index (Phi) is 7.41. The third-order valence-electron chi connectivity index (χ3n) is 5.28. The van der Waals surface area contributed by atoms with Crippen LogP contribution in [-0.2, 0) is 9.53 Å². The summed E-state index contributed by atoms with van der Waals surface area (Å²) in [5.41, 5.74) is 0.681. The number of aromatic nitrogens is 1. The fraction of sp³-hybridized carbons (Fsp3) is 0.391. The maximum atomic E-state index is 13.2. The van der Waals surface area contributed by atoms with E-state index in [9.17, 15) is 4.79 Å². The van der Waals surface area contributed by atoms with E-state index >= 15 is 0 Å². The van der Waals surface area contributed by atoms with Crippen LogP contribution in [0.5, 0.6) is 17.2 Å². The largest absolute Gasteiger partial charge is 0.495 e. The zero-order valence-corrected chi connectivity index (χ0v) is 19.1. The summed E-state index contributed by atoms with van der Waals surface area (Å²) in [6.45, 7) is 4.28. The first kappa shape index (κ1) is 22.3. The molecule has 1 aliphatic rings. The molecule has 9 heteroatoms. The molecule has 1 fully saturated rings. The van der Waals surface area contributed by atoms with Crippen LogP contribution >= 0.6 is 11.3 Å². The van der Waals surface area contributed by atoms with Crippen LogP contribution < -0.4 is 19.1 Å². The predicted molar refractivity (Wildman–Crippen MR) is 124 cm³/mol. The summed E-state index contributed by atoms with van der Waals surface area (Å²) in [5.74, 6) is 1.84. The lowest BCUT2D eigenvalue weighted by molar-refractivity contribution is -0.120. The minimum absolute atomic E-state index is 0.0721. The molecule has 170 valence electrons. The molecule has 1 amide bonds. The maximum absolute atomic E-state index is 13.2. The molecule has 2 heterocycles. The zero-order valence-electron chi connectivity index (χ0n) is 18.3. The number of carbonyl (C=O) groups excluding carboxylic acids is 1. The molecular weight excluding hydrogens is 430 g/mol. The summed E-state index contributed by atoms with van der Waals surface area (Å²) in [7, 11) is 3.23. The summed E-state index contributed by atoms with van der Waals surface area (Å²) >= 11 is 1.41. The van der Waals surface area contributed by atoms with Crippen LogP contribution in [-0.4, -0.2) is 76.0 Å². The summed E-state index contributed by atoms with van der Waals surface area (Å²) in [6, 6.07) is 13.0. The van der Waals surface area contributed by atoms with Crippen molar-refractivity contribution in [3.05, 3.63) is 42.5 Å². The van der Waals surface area contributed by atoms with Crippen LogP contribution in [0.25, 0.3) is 10.2 Å². The summed E-state index contributed by atoms with van der Waals surface area (Å²) in [4.78, 5) is 22.0. The summed E-state index contributed by atoms with van der Waals surface area (Å²) in [5, 5.41) is 0.595. The molecule has 8 nitrogen and oxygen atoms in total. The summed E-state index contributed by atoms with van der Waals surface area (Å²) < 4.78 is 23.0. The van der Waals surface area contributed by atoms with Gasteiger partial charge in [-0.2, -0.15) is 0 Å². The molecule has 0 radical (unpaired) electrons. The quantitative estimate of drug-likeness (QED) is 0.489. The van der Waals surface area contributed by atoms with E-state index in [4.69, 9.17) is 23.9 Å². The molecule has 32 heavy (non-hydrogen) atoms. The molecule has 0 spiro atoms. The number of amides is 1. The predicted octanol–water partition coefficient (Wildman–Crippen LogP) is 3.06. The van der Waals surface area contributed by atoms with Gasteiger partial charge in [0.05, 0.1) is 27.4 Å². The second-order valence-electron chi connectivity index (χ2n) is 7.25. The van der Waals surface area contributed by atoms with Gasteiger partial charge in [0.2, 0.25) is 0 Å². The number of fused-ring (bicyclic) bond motifs is 1. The van der Waals surface area contributed by atoms with Gasteiger partial charge in [0.15, 0.2) is 11.7 Å². The molecule has 2 aromatic carbocycles. The van der Waals surface area contributed by atoms with Crippen molar-refractivity contribution in [2.24, 2.45) is 0 Å². The molecule has 0 saturated carbocycles. The first-order valence-electron chi connectivity index (χ1n) is 10.5. The Morgan fingerprint density at radius 3 is 2.53 bits per heavy atom. The Labute approximate surface area is 191 Å². The van der Waals surface area contributed by atoms with Gasteiger partial charge in [-0.05, 0) is 24.3 Å². The molecule has 1 aromatic heterocycles. The fourth-order valence-corrected chi connectivity index (χ4v) is 4.64. The molecule has 0 aliphatic carbocycles. The number of morpholine rings is 1. The van der Waals surface area contributed by atoms with Gasteiger partial charge in [0.25, 0.3) is 5.91 Å². The van der Waals surface area contributed by atoms with Crippen LogP contribution in [0.1, 0.15) is 0 Å². The number of rotatable bonds is 9. The molecule has 0 N–H and O–H groups in total. The minimum atomic E-state index is -0.154. The highest BCUT2D eigenvalue weighted by atomic mass is 32.1. The smallest absolute Gasteiger partial charge is 0.266 e. The van der Waals surface area contributed by atoms with E-state index < -0.39 is 0 Å². The van der Waals surface area contributed by atoms with Crippen molar-refractivity contribution in [1.29, 1.82) is 0 Å². The number of anilines is 1. The average molecular weight is 458 g/mol. The van der Waals surface area contributed by atoms with E-state index in [1.807, 2.05) is 42.5 Å². The average Bonchev–Trinajstić information content (AvgIpc) is 3.28. The van der Waals surface area contributed by atoms with Gasteiger partial charge >= 0.3 is 0 Å². The topological polar surface area (TPSA) is 73.4 Å². The number of benzene rings is 2. The van der Waals surface area contributed by atoms with Crippen LogP contribution in [0, 0.1) is 0 Å². The summed E-state index contributed by atoms with van der Waals surface area (Å²) in [6.07, 6.45) is 0. The van der Waals surface area contributed by atoms with E-state index in [-0.39, 0.29) is 12.5 Å². The van der Waals surface area contributed by atoms with Crippen LogP contribution in [0.3, 0.4) is 0 Å². The molecule has 1 saturated heterocycles. The van der Waals surface area contributed by atoms with Crippen molar-refractivity contribution in [2.75, 3.05) is 65.1 Å². The number of hydrogen-bond donors (Lipinski definition) is 0. The molecule has 4 rings (SSSR count). The number of nitrogens with zero attached hydrogens (tertiary/aromatic N) is 3. The maximum Gasteiger partial charge on any atom is 0.266 e. The molecule has 0 unspecified atom stereocenters. The van der Waals surface area contributed by atoms with E-state index in [0.717, 1.165) is 24.3 Å². The van der Waals surface area contributed by atoms with Crippen LogP contribution in [0.2, 0.25) is 0 Å². The van der Waals surface area contributed by atoms with Gasteiger partial charge in [-0.25, -0.2) is 4.98 Å². The van der Waals surface area contributed by atoms with Gasteiger partial charge in [0.1, 0.15) is 27.5 Å². The third-order valence-corrected chi connectivity index (χ3v) is 6.37. The monoisotopic (exact) mass is 457 g/mol. The number of hydrogen-bond acceptors (Lipinski definition) is 8. The first-order chi connectivity index (χ1) is 15.7. The van der Waals surface area contributed by atoms with Crippen molar-refractivity contribution < 1.29 is 23.7 Å². The van der Waals surface area contributed by atoms with E-state index in [1.165, 1.54) is 11.3 Å². The van der Waals surface area contributed by atoms with Crippen molar-refractivity contribution in [1.82, 2.24) is 9.88 Å². The Hall–Kier alpha value is -2.88. The SMILES string of the molecule is COc1ccc(OC)c2sc(N(CCN3CCOCC3)C(=O)COc3ccccc3)nc12. The highest BCUT2D eigenvalue weighted by Crippen LogP contribution is 2.40. The second kappa shape index (κ2) is 10.6. The minimum Gasteiger partial charge on any atom is -0.495 e. The Bertz CT molecular complexity index is 996. The molecule has 0 bridgehead atoms. The van der Waals surface area contributed by atoms with Gasteiger partial charge in [-0.3, -0.25) is 14.6 Å². The van der Waals surface area contributed by atoms with Crippen molar-refractivity contribution in [3.8, 4) is 17.2 Å². The lowest BCUT2D eigenvalue weighted by Crippen LogP contribution is -2.44. The highest BCUT2D eigenvalue weighted by Gasteiger charge is 2.24. The zero-order chi connectivity index (χ0) is 22.3. The lowest BCUT2D eigenvalue weighted by Gasteiger charge is -2.29. The Morgan fingerprint density at radius 1 is 1.09 bits per heavy atom. The van der Waals surface area contributed by atoms with Gasteiger partial charge in [-0.1, -0.05) is 29.5 Å². The molecule has 1 aliphatic heterocycles. The third kappa shape index (κ3) is 5.12. The second-order valence-corrected chi connectivity index (χ2v) is 8.22. The van der Waals surface area contributed by atoms with Crippen molar-refractivity contribution in [2.45, 2.75) is 0 Å². The van der Waals surface area contributed by atoms with Gasteiger partial charge in [-0.15, -0.1) is 0 Å². The van der Waals surface area contributed by atoms with Crippen LogP contribution in [0.15, 0.2) is 42.5 Å². The first-order valence-corrected chi connectivity index (χ1v) is 11.3. The molecular formula is C23H27N3O5S. The van der Waals surface area contributed by atoms with Crippen LogP contribution in [0.4, 0.5) is 5.13 Å². The van der Waals surface area contributed by atoms with E-state index in [2.05, 4.69) is 4.90 Å². The standard InChI is InChI=1S/C23H27N3O5S/c1-28-18-8-9-19(29-2)22-21(18)24-23(32-22)26(11-10-25-12-14-30-15-13-25)20(27)16-31-17-6-4-3-5-7-17/h3-9H,10-16H2,1-2H3. The highest BCUT2D eigenvalue weighted by molar-refractivity contribution is 7.22. The number of methoxy groups -OCH3 is 2. The number of thiazole rings is 1. The number of ether oxygens (including phenoxy) is 4.